The van der Waals surface area contributed by atoms with E-state index >= 15 is 0 Å². The lowest BCUT2D eigenvalue weighted by Gasteiger charge is -2.25. The standard InChI is InChI=1S/C10H11F3N2O2/c1-2-15(6-10(11,12)13)8-5-14-4-3-7(8)9(16)17/h3-5H,2,6H2,1H3,(H,16,17). The van der Waals surface area contributed by atoms with Crippen LogP contribution in [0.2, 0.25) is 0 Å². The molecule has 7 heteroatoms. The van der Waals surface area contributed by atoms with Crippen LogP contribution in [-0.2, 0) is 0 Å². The third kappa shape index (κ3) is 3.61. The van der Waals surface area contributed by atoms with Gasteiger partial charge in [0.1, 0.15) is 6.54 Å². The van der Waals surface area contributed by atoms with Crippen molar-refractivity contribution in [1.82, 2.24) is 4.98 Å². The van der Waals surface area contributed by atoms with Crippen molar-refractivity contribution in [3.63, 3.8) is 0 Å². The number of hydrogen-bond acceptors (Lipinski definition) is 3. The van der Waals surface area contributed by atoms with Gasteiger partial charge in [0, 0.05) is 12.7 Å². The molecule has 0 radical (unpaired) electrons. The molecule has 1 rings (SSSR count). The molecule has 0 atom stereocenters. The Kier molecular flexibility index (Phi) is 3.93. The first-order valence-electron chi connectivity index (χ1n) is 4.84. The highest BCUT2D eigenvalue weighted by atomic mass is 19.4. The van der Waals surface area contributed by atoms with Gasteiger partial charge in [0.25, 0.3) is 0 Å². The Morgan fingerprint density at radius 3 is 2.65 bits per heavy atom. The Morgan fingerprint density at radius 2 is 2.18 bits per heavy atom. The molecule has 0 saturated carbocycles. The molecule has 17 heavy (non-hydrogen) atoms. The smallest absolute Gasteiger partial charge is 0.405 e. The number of hydrogen-bond donors (Lipinski definition) is 1. The molecule has 4 nitrogen and oxygen atoms in total. The van der Waals surface area contributed by atoms with Crippen LogP contribution >= 0.6 is 0 Å². The zero-order valence-electron chi connectivity index (χ0n) is 9.03. The topological polar surface area (TPSA) is 53.4 Å². The largest absolute Gasteiger partial charge is 0.478 e. The van der Waals surface area contributed by atoms with E-state index in [0.29, 0.717) is 0 Å². The molecule has 0 aromatic carbocycles. The average Bonchev–Trinajstić information content (AvgIpc) is 2.24. The van der Waals surface area contributed by atoms with E-state index < -0.39 is 18.7 Å². The lowest BCUT2D eigenvalue weighted by Crippen LogP contribution is -2.35. The summed E-state index contributed by atoms with van der Waals surface area (Å²) in [4.78, 5) is 15.5. The van der Waals surface area contributed by atoms with Crippen LogP contribution in [0, 0.1) is 0 Å². The third-order valence-corrected chi connectivity index (χ3v) is 2.12. The van der Waals surface area contributed by atoms with Gasteiger partial charge in [0.2, 0.25) is 0 Å². The summed E-state index contributed by atoms with van der Waals surface area (Å²) >= 11 is 0. The second-order valence-electron chi connectivity index (χ2n) is 3.33. The number of carbonyl (C=O) groups is 1. The van der Waals surface area contributed by atoms with Crippen LogP contribution in [0.25, 0.3) is 0 Å². The second kappa shape index (κ2) is 5.03. The SMILES string of the molecule is CCN(CC(F)(F)F)c1cnccc1C(=O)O. The molecule has 0 bridgehead atoms. The van der Waals surface area contributed by atoms with E-state index in [0.717, 1.165) is 11.1 Å². The molecule has 0 spiro atoms. The minimum absolute atomic E-state index is 0.0279. The third-order valence-electron chi connectivity index (χ3n) is 2.12. The van der Waals surface area contributed by atoms with Gasteiger partial charge in [-0.1, -0.05) is 0 Å². The van der Waals surface area contributed by atoms with Crippen molar-refractivity contribution in [1.29, 1.82) is 0 Å². The van der Waals surface area contributed by atoms with Crippen molar-refractivity contribution in [3.8, 4) is 0 Å². The van der Waals surface area contributed by atoms with Gasteiger partial charge >= 0.3 is 12.1 Å². The summed E-state index contributed by atoms with van der Waals surface area (Å²) in [7, 11) is 0. The summed E-state index contributed by atoms with van der Waals surface area (Å²) in [6, 6.07) is 1.18. The first-order valence-corrected chi connectivity index (χ1v) is 4.84. The molecule has 0 unspecified atom stereocenters. The van der Waals surface area contributed by atoms with Crippen LogP contribution < -0.4 is 4.90 Å². The fourth-order valence-corrected chi connectivity index (χ4v) is 1.40. The molecular weight excluding hydrogens is 237 g/mol. The van der Waals surface area contributed by atoms with Gasteiger partial charge in [-0.25, -0.2) is 4.79 Å². The van der Waals surface area contributed by atoms with Crippen LogP contribution in [0.5, 0.6) is 0 Å². The van der Waals surface area contributed by atoms with Crippen molar-refractivity contribution in [3.05, 3.63) is 24.0 Å². The number of carboxylic acid groups (broad SMARTS) is 1. The van der Waals surface area contributed by atoms with Crippen molar-refractivity contribution in [2.45, 2.75) is 13.1 Å². The van der Waals surface area contributed by atoms with Crippen LogP contribution in [0.4, 0.5) is 18.9 Å². The van der Waals surface area contributed by atoms with Gasteiger partial charge in [-0.15, -0.1) is 0 Å². The molecule has 1 heterocycles. The summed E-state index contributed by atoms with van der Waals surface area (Å²) in [5.41, 5.74) is -0.217. The number of aromatic carboxylic acids is 1. The molecule has 1 N–H and O–H groups in total. The quantitative estimate of drug-likeness (QED) is 0.887. The van der Waals surface area contributed by atoms with Crippen LogP contribution in [0.15, 0.2) is 18.5 Å². The number of carboxylic acids is 1. The average molecular weight is 248 g/mol. The zero-order chi connectivity index (χ0) is 13.1. The number of aromatic nitrogens is 1. The first-order chi connectivity index (χ1) is 7.85. The normalized spacial score (nSPS) is 11.3. The van der Waals surface area contributed by atoms with E-state index in [2.05, 4.69) is 4.98 Å². The highest BCUT2D eigenvalue weighted by molar-refractivity contribution is 5.94. The predicted octanol–water partition coefficient (Wildman–Crippen LogP) is 2.17. The van der Waals surface area contributed by atoms with E-state index in [9.17, 15) is 18.0 Å². The highest BCUT2D eigenvalue weighted by Gasteiger charge is 2.31. The minimum atomic E-state index is -4.39. The second-order valence-corrected chi connectivity index (χ2v) is 3.33. The summed E-state index contributed by atoms with van der Waals surface area (Å²) in [6.07, 6.45) is -2.03. The number of rotatable bonds is 4. The van der Waals surface area contributed by atoms with E-state index in [1.54, 1.807) is 0 Å². The fourth-order valence-electron chi connectivity index (χ4n) is 1.40. The fraction of sp³-hybridized carbons (Fsp3) is 0.400. The molecule has 0 amide bonds. The lowest BCUT2D eigenvalue weighted by molar-refractivity contribution is -0.119. The molecule has 0 aliphatic heterocycles. The van der Waals surface area contributed by atoms with Gasteiger partial charge in [-0.3, -0.25) is 4.98 Å². The molecule has 1 aromatic rings. The van der Waals surface area contributed by atoms with Gasteiger partial charge in [-0.05, 0) is 13.0 Å². The molecule has 0 saturated heterocycles. The van der Waals surface area contributed by atoms with Crippen molar-refractivity contribution in [2.24, 2.45) is 0 Å². The molecule has 0 aliphatic rings. The lowest BCUT2D eigenvalue weighted by atomic mass is 10.2. The first kappa shape index (κ1) is 13.3. The number of alkyl halides is 3. The maximum absolute atomic E-state index is 12.3. The van der Waals surface area contributed by atoms with E-state index in [1.165, 1.54) is 19.2 Å². The number of nitrogens with zero attached hydrogens (tertiary/aromatic N) is 2. The zero-order valence-corrected chi connectivity index (χ0v) is 9.03. The molecule has 94 valence electrons. The van der Waals surface area contributed by atoms with E-state index in [1.807, 2.05) is 0 Å². The Morgan fingerprint density at radius 1 is 1.53 bits per heavy atom. The molecule has 0 aliphatic carbocycles. The Bertz CT molecular complexity index is 407. The maximum atomic E-state index is 12.3. The Hall–Kier alpha value is -1.79. The maximum Gasteiger partial charge on any atom is 0.405 e. The van der Waals surface area contributed by atoms with Gasteiger partial charge in [0.05, 0.1) is 17.4 Å². The monoisotopic (exact) mass is 248 g/mol. The van der Waals surface area contributed by atoms with Crippen LogP contribution in [0.1, 0.15) is 17.3 Å². The van der Waals surface area contributed by atoms with Crippen molar-refractivity contribution < 1.29 is 23.1 Å². The van der Waals surface area contributed by atoms with Gasteiger partial charge < -0.3 is 10.0 Å². The van der Waals surface area contributed by atoms with E-state index in [4.69, 9.17) is 5.11 Å². The molecule has 1 aromatic heterocycles. The number of pyridine rings is 1. The minimum Gasteiger partial charge on any atom is -0.478 e. The summed E-state index contributed by atoms with van der Waals surface area (Å²) in [5.74, 6) is -1.27. The summed E-state index contributed by atoms with van der Waals surface area (Å²) in [6.45, 7) is 0.366. The Labute approximate surface area is 95.7 Å². The van der Waals surface area contributed by atoms with Gasteiger partial charge in [-0.2, -0.15) is 13.2 Å². The summed E-state index contributed by atoms with van der Waals surface area (Å²) in [5, 5.41) is 8.87. The van der Waals surface area contributed by atoms with Crippen molar-refractivity contribution in [2.75, 3.05) is 18.0 Å². The molecular formula is C10H11F3N2O2. The van der Waals surface area contributed by atoms with E-state index in [-0.39, 0.29) is 17.8 Å². The van der Waals surface area contributed by atoms with Crippen LogP contribution in [-0.4, -0.2) is 35.3 Å². The molecule has 0 fully saturated rings. The predicted molar refractivity (Wildman–Crippen MR) is 55.1 cm³/mol. The number of halogens is 3. The van der Waals surface area contributed by atoms with Crippen LogP contribution in [0.3, 0.4) is 0 Å². The highest BCUT2D eigenvalue weighted by Crippen LogP contribution is 2.24. The van der Waals surface area contributed by atoms with Gasteiger partial charge in [0.15, 0.2) is 0 Å². The Balaban J connectivity index is 3.07. The number of anilines is 1. The van der Waals surface area contributed by atoms with Crippen molar-refractivity contribution >= 4 is 11.7 Å². The summed E-state index contributed by atoms with van der Waals surface area (Å²) < 4.78 is 36.9.